The van der Waals surface area contributed by atoms with E-state index in [9.17, 15) is 4.79 Å². The highest BCUT2D eigenvalue weighted by molar-refractivity contribution is 5.97. The number of hydrogen-bond acceptors (Lipinski definition) is 3. The van der Waals surface area contributed by atoms with Crippen molar-refractivity contribution in [2.75, 3.05) is 26.8 Å². The van der Waals surface area contributed by atoms with Crippen LogP contribution in [0.25, 0.3) is 0 Å². The van der Waals surface area contributed by atoms with Crippen LogP contribution in [0.1, 0.15) is 34.3 Å². The number of methoxy groups -OCH3 is 1. The molecule has 0 saturated carbocycles. The van der Waals surface area contributed by atoms with E-state index >= 15 is 0 Å². The van der Waals surface area contributed by atoms with Crippen LogP contribution in [0.4, 0.5) is 0 Å². The zero-order valence-electron chi connectivity index (χ0n) is 11.0. The second-order valence-corrected chi connectivity index (χ2v) is 4.78. The van der Waals surface area contributed by atoms with E-state index in [1.807, 2.05) is 6.07 Å². The molecule has 0 radical (unpaired) electrons. The number of carbonyl (C=O) groups excluding carboxylic acids is 1. The third-order valence-electron chi connectivity index (χ3n) is 3.41. The molecule has 1 aliphatic carbocycles. The molecule has 0 aromatic heterocycles. The average molecular weight is 247 g/mol. The fourth-order valence-corrected chi connectivity index (χ4v) is 2.39. The van der Waals surface area contributed by atoms with Crippen molar-refractivity contribution in [1.29, 1.82) is 0 Å². The zero-order chi connectivity index (χ0) is 12.8. The van der Waals surface area contributed by atoms with Crippen LogP contribution in [0.2, 0.25) is 0 Å². The fourth-order valence-electron chi connectivity index (χ4n) is 2.39. The zero-order valence-corrected chi connectivity index (χ0v) is 11.0. The molecule has 1 aromatic carbocycles. The number of rotatable bonds is 7. The van der Waals surface area contributed by atoms with Crippen molar-refractivity contribution in [3.05, 3.63) is 34.9 Å². The number of benzene rings is 1. The van der Waals surface area contributed by atoms with Gasteiger partial charge in [0.15, 0.2) is 5.78 Å². The molecule has 3 nitrogen and oxygen atoms in total. The van der Waals surface area contributed by atoms with Crippen LogP contribution >= 0.6 is 0 Å². The van der Waals surface area contributed by atoms with Gasteiger partial charge in [-0.1, -0.05) is 12.1 Å². The Morgan fingerprint density at radius 3 is 3.00 bits per heavy atom. The maximum Gasteiger partial charge on any atom is 0.176 e. The Labute approximate surface area is 109 Å². The van der Waals surface area contributed by atoms with Gasteiger partial charge in [0.1, 0.15) is 0 Å². The SMILES string of the molecule is COCCCNCC(=O)c1ccc2c(c1)CCC2. The summed E-state index contributed by atoms with van der Waals surface area (Å²) >= 11 is 0. The molecule has 0 spiro atoms. The lowest BCUT2D eigenvalue weighted by molar-refractivity contribution is 0.0989. The van der Waals surface area contributed by atoms with Gasteiger partial charge in [-0.25, -0.2) is 0 Å². The molecule has 1 aromatic rings. The number of nitrogens with one attached hydrogen (secondary N) is 1. The predicted octanol–water partition coefficient (Wildman–Crippen LogP) is 1.98. The van der Waals surface area contributed by atoms with E-state index in [2.05, 4.69) is 17.4 Å². The molecule has 3 heteroatoms. The summed E-state index contributed by atoms with van der Waals surface area (Å²) in [6.45, 7) is 1.98. The molecule has 0 fully saturated rings. The lowest BCUT2D eigenvalue weighted by atomic mass is 10.0. The van der Waals surface area contributed by atoms with Gasteiger partial charge in [0.25, 0.3) is 0 Å². The molecular formula is C15H21NO2. The summed E-state index contributed by atoms with van der Waals surface area (Å²) < 4.78 is 4.96. The van der Waals surface area contributed by atoms with E-state index in [1.165, 1.54) is 24.0 Å². The van der Waals surface area contributed by atoms with Gasteiger partial charge in [0, 0.05) is 19.3 Å². The Hall–Kier alpha value is -1.19. The molecule has 0 atom stereocenters. The molecule has 0 amide bonds. The van der Waals surface area contributed by atoms with Crippen LogP contribution in [0.5, 0.6) is 0 Å². The highest BCUT2D eigenvalue weighted by atomic mass is 16.5. The Morgan fingerprint density at radius 1 is 1.33 bits per heavy atom. The average Bonchev–Trinajstić information content (AvgIpc) is 2.85. The molecule has 2 rings (SSSR count). The first kappa shape index (κ1) is 13.2. The molecule has 0 aliphatic heterocycles. The normalized spacial score (nSPS) is 13.6. The van der Waals surface area contributed by atoms with Gasteiger partial charge in [-0.05, 0) is 49.4 Å². The highest BCUT2D eigenvalue weighted by Crippen LogP contribution is 2.22. The molecule has 0 unspecified atom stereocenters. The molecule has 1 N–H and O–H groups in total. The van der Waals surface area contributed by atoms with Crippen LogP contribution in [-0.4, -0.2) is 32.6 Å². The van der Waals surface area contributed by atoms with Gasteiger partial charge in [-0.2, -0.15) is 0 Å². The quantitative estimate of drug-likeness (QED) is 0.591. The molecular weight excluding hydrogens is 226 g/mol. The van der Waals surface area contributed by atoms with E-state index in [1.54, 1.807) is 7.11 Å². The van der Waals surface area contributed by atoms with Crippen molar-refractivity contribution >= 4 is 5.78 Å². The van der Waals surface area contributed by atoms with Crippen molar-refractivity contribution in [3.63, 3.8) is 0 Å². The number of hydrogen-bond donors (Lipinski definition) is 1. The predicted molar refractivity (Wildman–Crippen MR) is 72.2 cm³/mol. The van der Waals surface area contributed by atoms with Gasteiger partial charge >= 0.3 is 0 Å². The minimum Gasteiger partial charge on any atom is -0.385 e. The van der Waals surface area contributed by atoms with Crippen LogP contribution < -0.4 is 5.32 Å². The van der Waals surface area contributed by atoms with E-state index in [0.29, 0.717) is 6.54 Å². The number of fused-ring (bicyclic) bond motifs is 1. The Kier molecular flexibility index (Phi) is 4.90. The van der Waals surface area contributed by atoms with E-state index in [0.717, 1.165) is 31.6 Å². The summed E-state index contributed by atoms with van der Waals surface area (Å²) in [6, 6.07) is 6.14. The Balaban J connectivity index is 1.82. The van der Waals surface area contributed by atoms with Crippen molar-refractivity contribution in [3.8, 4) is 0 Å². The summed E-state index contributed by atoms with van der Waals surface area (Å²) in [5.41, 5.74) is 3.62. The topological polar surface area (TPSA) is 38.3 Å². The standard InChI is InChI=1S/C15H21NO2/c1-18-9-3-8-16-11-15(17)14-7-6-12-4-2-5-13(12)10-14/h6-7,10,16H,2-5,8-9,11H2,1H3. The van der Waals surface area contributed by atoms with Crippen LogP contribution in [0, 0.1) is 0 Å². The maximum atomic E-state index is 12.0. The second-order valence-electron chi connectivity index (χ2n) is 4.78. The molecule has 1 aliphatic rings. The third-order valence-corrected chi connectivity index (χ3v) is 3.41. The van der Waals surface area contributed by atoms with Gasteiger partial charge in [-0.15, -0.1) is 0 Å². The van der Waals surface area contributed by atoms with Gasteiger partial charge < -0.3 is 10.1 Å². The first-order valence-corrected chi connectivity index (χ1v) is 6.66. The molecule has 0 bridgehead atoms. The number of ether oxygens (including phenoxy) is 1. The summed E-state index contributed by atoms with van der Waals surface area (Å²) in [5.74, 6) is 0.183. The molecule has 0 saturated heterocycles. The highest BCUT2D eigenvalue weighted by Gasteiger charge is 2.13. The lowest BCUT2D eigenvalue weighted by Gasteiger charge is -2.06. The van der Waals surface area contributed by atoms with Crippen LogP contribution in [0.3, 0.4) is 0 Å². The number of Topliss-reactive ketones (excluding diaryl/α,β-unsaturated/α-hetero) is 1. The summed E-state index contributed by atoms with van der Waals surface area (Å²) in [7, 11) is 1.69. The summed E-state index contributed by atoms with van der Waals surface area (Å²) in [4.78, 5) is 12.0. The first-order chi connectivity index (χ1) is 8.81. The number of aryl methyl sites for hydroxylation is 2. The van der Waals surface area contributed by atoms with E-state index < -0.39 is 0 Å². The lowest BCUT2D eigenvalue weighted by Crippen LogP contribution is -2.24. The molecule has 18 heavy (non-hydrogen) atoms. The largest absolute Gasteiger partial charge is 0.385 e. The molecule has 98 valence electrons. The van der Waals surface area contributed by atoms with Crippen LogP contribution in [0.15, 0.2) is 18.2 Å². The van der Waals surface area contributed by atoms with E-state index in [-0.39, 0.29) is 5.78 Å². The van der Waals surface area contributed by atoms with Gasteiger partial charge in [-0.3, -0.25) is 4.79 Å². The fraction of sp³-hybridized carbons (Fsp3) is 0.533. The maximum absolute atomic E-state index is 12.0. The smallest absolute Gasteiger partial charge is 0.176 e. The molecule has 0 heterocycles. The minimum absolute atomic E-state index is 0.183. The second kappa shape index (κ2) is 6.66. The van der Waals surface area contributed by atoms with E-state index in [4.69, 9.17) is 4.74 Å². The number of ketones is 1. The van der Waals surface area contributed by atoms with Crippen LogP contribution in [-0.2, 0) is 17.6 Å². The Morgan fingerprint density at radius 2 is 2.17 bits per heavy atom. The van der Waals surface area contributed by atoms with Crippen molar-refractivity contribution in [1.82, 2.24) is 5.32 Å². The van der Waals surface area contributed by atoms with Gasteiger partial charge in [0.2, 0.25) is 0 Å². The summed E-state index contributed by atoms with van der Waals surface area (Å²) in [5, 5.41) is 3.16. The minimum atomic E-state index is 0.183. The van der Waals surface area contributed by atoms with Crippen molar-refractivity contribution in [2.24, 2.45) is 0 Å². The van der Waals surface area contributed by atoms with Crippen molar-refractivity contribution in [2.45, 2.75) is 25.7 Å². The monoisotopic (exact) mass is 247 g/mol. The Bertz CT molecular complexity index is 415. The van der Waals surface area contributed by atoms with Gasteiger partial charge in [0.05, 0.1) is 6.54 Å². The number of carbonyl (C=O) groups is 1. The third kappa shape index (κ3) is 3.40. The summed E-state index contributed by atoms with van der Waals surface area (Å²) in [6.07, 6.45) is 4.45. The van der Waals surface area contributed by atoms with Crippen molar-refractivity contribution < 1.29 is 9.53 Å². The first-order valence-electron chi connectivity index (χ1n) is 6.66.